The van der Waals surface area contributed by atoms with Crippen LogP contribution >= 0.6 is 11.3 Å². The summed E-state index contributed by atoms with van der Waals surface area (Å²) in [6.45, 7) is 10.2. The largest absolute Gasteiger partial charge is 0.339 e. The maximum atomic E-state index is 13.1. The first-order valence-electron chi connectivity index (χ1n) is 11.8. The molecule has 0 aromatic carbocycles. The third-order valence-corrected chi connectivity index (χ3v) is 7.63. The predicted molar refractivity (Wildman–Crippen MR) is 123 cm³/mol. The summed E-state index contributed by atoms with van der Waals surface area (Å²) in [7, 11) is 0. The van der Waals surface area contributed by atoms with Crippen LogP contribution in [0.3, 0.4) is 0 Å². The number of carbonyl (C=O) groups is 1. The minimum absolute atomic E-state index is 0.0108. The van der Waals surface area contributed by atoms with E-state index >= 15 is 0 Å². The molecule has 0 aliphatic carbocycles. The van der Waals surface area contributed by atoms with E-state index in [-0.39, 0.29) is 6.04 Å². The van der Waals surface area contributed by atoms with E-state index < -0.39 is 0 Å². The van der Waals surface area contributed by atoms with Crippen molar-refractivity contribution in [3.63, 3.8) is 0 Å². The molecule has 1 amide bonds. The second kappa shape index (κ2) is 10.7. The van der Waals surface area contributed by atoms with Crippen molar-refractivity contribution in [2.75, 3.05) is 39.3 Å². The first-order valence-corrected chi connectivity index (χ1v) is 12.7. The number of likely N-dealkylation sites (tertiary alicyclic amines) is 1. The molecule has 170 valence electrons. The lowest BCUT2D eigenvalue weighted by molar-refractivity contribution is -0.141. The third-order valence-electron chi connectivity index (χ3n) is 6.77. The lowest BCUT2D eigenvalue weighted by atomic mass is 9.99. The SMILES string of the molecule is CCC1CCCCN1C(=O)C(C)N1CCN(CCCc2nc(-c3cccs3)no2)CC1. The number of rotatable bonds is 8. The molecule has 2 aromatic rings. The summed E-state index contributed by atoms with van der Waals surface area (Å²) in [4.78, 5) is 25.7. The summed E-state index contributed by atoms with van der Waals surface area (Å²) in [5.41, 5.74) is 0. The average Bonchev–Trinajstić information content (AvgIpc) is 3.51. The van der Waals surface area contributed by atoms with Crippen LogP contribution in [-0.2, 0) is 11.2 Å². The van der Waals surface area contributed by atoms with E-state index in [0.29, 0.717) is 23.7 Å². The number of piperazine rings is 1. The number of piperidine rings is 1. The van der Waals surface area contributed by atoms with Crippen LogP contribution in [-0.4, -0.2) is 82.1 Å². The molecule has 7 nitrogen and oxygen atoms in total. The van der Waals surface area contributed by atoms with Gasteiger partial charge in [0, 0.05) is 45.2 Å². The van der Waals surface area contributed by atoms with Gasteiger partial charge in [0.25, 0.3) is 0 Å². The fourth-order valence-electron chi connectivity index (χ4n) is 4.80. The molecule has 0 spiro atoms. The number of amides is 1. The summed E-state index contributed by atoms with van der Waals surface area (Å²) < 4.78 is 5.40. The van der Waals surface area contributed by atoms with Gasteiger partial charge >= 0.3 is 0 Å². The molecule has 0 radical (unpaired) electrons. The normalized spacial score (nSPS) is 22.0. The van der Waals surface area contributed by atoms with Gasteiger partial charge < -0.3 is 14.3 Å². The minimum atomic E-state index is -0.0108. The number of hydrogen-bond donors (Lipinski definition) is 0. The Morgan fingerprint density at radius 2 is 2.10 bits per heavy atom. The smallest absolute Gasteiger partial charge is 0.239 e. The van der Waals surface area contributed by atoms with E-state index in [0.717, 1.165) is 76.2 Å². The monoisotopic (exact) mass is 445 g/mol. The average molecular weight is 446 g/mol. The van der Waals surface area contributed by atoms with Gasteiger partial charge in [0.05, 0.1) is 10.9 Å². The summed E-state index contributed by atoms with van der Waals surface area (Å²) >= 11 is 1.63. The Morgan fingerprint density at radius 1 is 1.26 bits per heavy atom. The molecule has 2 saturated heterocycles. The first kappa shape index (κ1) is 22.4. The number of nitrogens with zero attached hydrogens (tertiary/aromatic N) is 5. The summed E-state index contributed by atoms with van der Waals surface area (Å²) in [5, 5.41) is 6.11. The molecule has 2 aliphatic heterocycles. The summed E-state index contributed by atoms with van der Waals surface area (Å²) in [5.74, 6) is 1.74. The Morgan fingerprint density at radius 3 is 2.84 bits per heavy atom. The van der Waals surface area contributed by atoms with Gasteiger partial charge in [-0.1, -0.05) is 18.1 Å². The second-order valence-electron chi connectivity index (χ2n) is 8.74. The van der Waals surface area contributed by atoms with E-state index in [1.807, 2.05) is 17.5 Å². The molecule has 2 unspecified atom stereocenters. The van der Waals surface area contributed by atoms with Gasteiger partial charge in [-0.2, -0.15) is 4.98 Å². The van der Waals surface area contributed by atoms with Crippen LogP contribution in [0.2, 0.25) is 0 Å². The standard InChI is InChI=1S/C23H35N5O2S/c1-3-19-8-4-5-12-28(19)23(29)18(2)27-15-13-26(14-16-27)11-6-10-21-24-22(25-30-21)20-9-7-17-31-20/h7,9,17-19H,3-6,8,10-16H2,1-2H3. The predicted octanol–water partition coefficient (Wildman–Crippen LogP) is 3.53. The Balaban J connectivity index is 1.19. The van der Waals surface area contributed by atoms with Crippen LogP contribution in [0.25, 0.3) is 10.7 Å². The highest BCUT2D eigenvalue weighted by atomic mass is 32.1. The molecule has 0 bridgehead atoms. The summed E-state index contributed by atoms with van der Waals surface area (Å²) in [6.07, 6.45) is 6.46. The van der Waals surface area contributed by atoms with Crippen molar-refractivity contribution in [2.24, 2.45) is 0 Å². The number of aryl methyl sites for hydroxylation is 1. The summed E-state index contributed by atoms with van der Waals surface area (Å²) in [6, 6.07) is 4.44. The van der Waals surface area contributed by atoms with E-state index in [2.05, 4.69) is 38.7 Å². The molecular weight excluding hydrogens is 410 g/mol. The van der Waals surface area contributed by atoms with E-state index in [1.165, 1.54) is 6.42 Å². The highest BCUT2D eigenvalue weighted by Crippen LogP contribution is 2.23. The molecule has 0 N–H and O–H groups in total. The molecule has 2 fully saturated rings. The van der Waals surface area contributed by atoms with Crippen molar-refractivity contribution in [3.8, 4) is 10.7 Å². The first-order chi connectivity index (χ1) is 15.2. The molecule has 2 aliphatic rings. The Labute approximate surface area is 189 Å². The van der Waals surface area contributed by atoms with Gasteiger partial charge in [0.15, 0.2) is 0 Å². The van der Waals surface area contributed by atoms with Gasteiger partial charge in [-0.3, -0.25) is 9.69 Å². The molecule has 0 saturated carbocycles. The highest BCUT2D eigenvalue weighted by molar-refractivity contribution is 7.13. The molecule has 2 aromatic heterocycles. The molecular formula is C23H35N5O2S. The van der Waals surface area contributed by atoms with E-state index in [1.54, 1.807) is 11.3 Å². The molecule has 31 heavy (non-hydrogen) atoms. The number of carbonyl (C=O) groups excluding carboxylic acids is 1. The van der Waals surface area contributed by atoms with Gasteiger partial charge in [-0.25, -0.2) is 0 Å². The van der Waals surface area contributed by atoms with E-state index in [9.17, 15) is 4.79 Å². The lowest BCUT2D eigenvalue weighted by Crippen LogP contribution is -2.56. The Kier molecular flexibility index (Phi) is 7.74. The van der Waals surface area contributed by atoms with Crippen LogP contribution in [0.15, 0.2) is 22.0 Å². The Bertz CT molecular complexity index is 816. The van der Waals surface area contributed by atoms with Crippen molar-refractivity contribution in [3.05, 3.63) is 23.4 Å². The van der Waals surface area contributed by atoms with E-state index in [4.69, 9.17) is 4.52 Å². The van der Waals surface area contributed by atoms with Gasteiger partial charge in [-0.15, -0.1) is 11.3 Å². The number of aromatic nitrogens is 2. The molecule has 4 heterocycles. The van der Waals surface area contributed by atoms with Crippen LogP contribution < -0.4 is 0 Å². The van der Waals surface area contributed by atoms with Crippen molar-refractivity contribution in [1.29, 1.82) is 0 Å². The fraction of sp³-hybridized carbons (Fsp3) is 0.696. The maximum Gasteiger partial charge on any atom is 0.239 e. The van der Waals surface area contributed by atoms with Crippen LogP contribution in [0, 0.1) is 0 Å². The second-order valence-corrected chi connectivity index (χ2v) is 9.68. The molecule has 8 heteroatoms. The van der Waals surface area contributed by atoms with Crippen molar-refractivity contribution in [1.82, 2.24) is 24.8 Å². The van der Waals surface area contributed by atoms with Crippen LogP contribution in [0.5, 0.6) is 0 Å². The lowest BCUT2D eigenvalue weighted by Gasteiger charge is -2.42. The minimum Gasteiger partial charge on any atom is -0.339 e. The molecule has 4 rings (SSSR count). The van der Waals surface area contributed by atoms with Crippen molar-refractivity contribution >= 4 is 17.2 Å². The van der Waals surface area contributed by atoms with Crippen molar-refractivity contribution < 1.29 is 9.32 Å². The zero-order valence-corrected chi connectivity index (χ0v) is 19.6. The van der Waals surface area contributed by atoms with Crippen LogP contribution in [0.4, 0.5) is 0 Å². The maximum absolute atomic E-state index is 13.1. The third kappa shape index (κ3) is 5.54. The number of hydrogen-bond acceptors (Lipinski definition) is 7. The quantitative estimate of drug-likeness (QED) is 0.619. The van der Waals surface area contributed by atoms with Gasteiger partial charge in [-0.05, 0) is 57.0 Å². The van der Waals surface area contributed by atoms with Gasteiger partial charge in [0.2, 0.25) is 17.6 Å². The Hall–Kier alpha value is -1.77. The molecule has 2 atom stereocenters. The highest BCUT2D eigenvalue weighted by Gasteiger charge is 2.32. The topological polar surface area (TPSA) is 65.7 Å². The fourth-order valence-corrected chi connectivity index (χ4v) is 5.45. The van der Waals surface area contributed by atoms with Gasteiger partial charge in [0.1, 0.15) is 0 Å². The van der Waals surface area contributed by atoms with Crippen molar-refractivity contribution in [2.45, 2.75) is 64.5 Å². The number of thiophene rings is 1. The zero-order valence-electron chi connectivity index (χ0n) is 18.8. The zero-order chi connectivity index (χ0) is 21.6. The van der Waals surface area contributed by atoms with Crippen LogP contribution in [0.1, 0.15) is 51.8 Å².